The molecule has 4 rings (SSSR count). The summed E-state index contributed by atoms with van der Waals surface area (Å²) in [5.74, 6) is -2.61. The van der Waals surface area contributed by atoms with E-state index < -0.39 is 5.92 Å². The van der Waals surface area contributed by atoms with Gasteiger partial charge in [0.25, 0.3) is 0 Å². The Morgan fingerprint density at radius 2 is 1.74 bits per heavy atom. The summed E-state index contributed by atoms with van der Waals surface area (Å²) in [6, 6.07) is 13.6. The Morgan fingerprint density at radius 1 is 1.03 bits per heavy atom. The molecule has 3 aromatic rings. The van der Waals surface area contributed by atoms with Crippen LogP contribution >= 0.6 is 12.2 Å². The molecule has 1 aliphatic carbocycles. The van der Waals surface area contributed by atoms with Crippen molar-refractivity contribution >= 4 is 39.7 Å². The fourth-order valence-electron chi connectivity index (χ4n) is 5.36. The number of fused-ring (bicyclic) bond motifs is 1. The second-order valence-corrected chi connectivity index (χ2v) is 10.9. The van der Waals surface area contributed by atoms with Crippen LogP contribution in [-0.2, 0) is 4.79 Å². The molecule has 1 amide bonds. The largest absolute Gasteiger partial charge is 0.389 e. The molecule has 1 saturated carbocycles. The maximum absolute atomic E-state index is 13.9. The first kappa shape index (κ1) is 28.2. The standard InChI is InChI=1S/C30H38F2N4OS/c31-30(32)15-13-24(14-16-30)36-20-26(21-8-7-9-22(18-21)29(34)38)25-12-11-23(19-27(25)36)35-28(37)10-5-3-1-2-4-6-17-33/h7-9,11-12,18-20,24H,1-6,10,13-17,33H2,(H2,34,38)(H,35,37). The summed E-state index contributed by atoms with van der Waals surface area (Å²) in [5.41, 5.74) is 15.8. The molecular weight excluding hydrogens is 502 g/mol. The highest BCUT2D eigenvalue weighted by Gasteiger charge is 2.36. The van der Waals surface area contributed by atoms with Gasteiger partial charge < -0.3 is 21.4 Å². The normalized spacial score (nSPS) is 15.6. The van der Waals surface area contributed by atoms with Gasteiger partial charge in [0, 0.05) is 53.7 Å². The molecule has 1 fully saturated rings. The fourth-order valence-corrected chi connectivity index (χ4v) is 5.49. The number of carbonyl (C=O) groups is 1. The number of nitrogens with two attached hydrogens (primary N) is 2. The van der Waals surface area contributed by atoms with E-state index in [0.29, 0.717) is 24.3 Å². The van der Waals surface area contributed by atoms with E-state index in [-0.39, 0.29) is 24.8 Å². The van der Waals surface area contributed by atoms with Crippen molar-refractivity contribution in [2.75, 3.05) is 11.9 Å². The lowest BCUT2D eigenvalue weighted by atomic mass is 9.92. The average molecular weight is 541 g/mol. The number of hydrogen-bond acceptors (Lipinski definition) is 3. The van der Waals surface area contributed by atoms with E-state index >= 15 is 0 Å². The molecule has 1 aliphatic rings. The minimum atomic E-state index is -2.60. The second-order valence-electron chi connectivity index (χ2n) is 10.4. The predicted octanol–water partition coefficient (Wildman–Crippen LogP) is 7.32. The van der Waals surface area contributed by atoms with E-state index in [9.17, 15) is 13.6 Å². The summed E-state index contributed by atoms with van der Waals surface area (Å²) in [6.07, 6.45) is 9.46. The summed E-state index contributed by atoms with van der Waals surface area (Å²) < 4.78 is 30.0. The van der Waals surface area contributed by atoms with Crippen molar-refractivity contribution in [3.8, 4) is 11.1 Å². The molecule has 0 spiro atoms. The number of alkyl halides is 2. The molecule has 0 saturated heterocycles. The molecular formula is C30H38F2N4OS. The zero-order valence-corrected chi connectivity index (χ0v) is 22.7. The Labute approximate surface area is 229 Å². The van der Waals surface area contributed by atoms with Crippen molar-refractivity contribution in [2.24, 2.45) is 11.5 Å². The number of halogens is 2. The van der Waals surface area contributed by atoms with Crippen LogP contribution in [0.3, 0.4) is 0 Å². The smallest absolute Gasteiger partial charge is 0.248 e. The van der Waals surface area contributed by atoms with E-state index in [0.717, 1.165) is 78.4 Å². The third kappa shape index (κ3) is 7.17. The highest BCUT2D eigenvalue weighted by Crippen LogP contribution is 2.42. The van der Waals surface area contributed by atoms with Crippen molar-refractivity contribution < 1.29 is 13.6 Å². The van der Waals surface area contributed by atoms with Crippen LogP contribution in [0.1, 0.15) is 82.2 Å². The topological polar surface area (TPSA) is 86.1 Å². The third-order valence-corrected chi connectivity index (χ3v) is 7.75. The number of amides is 1. The SMILES string of the molecule is NCCCCCCCCC(=O)Nc1ccc2c(-c3cccc(C(N)=S)c3)cn(C3CCC(F)(F)CC3)c2c1. The van der Waals surface area contributed by atoms with Gasteiger partial charge in [-0.05, 0) is 56.0 Å². The number of benzene rings is 2. The summed E-state index contributed by atoms with van der Waals surface area (Å²) in [7, 11) is 0. The Bertz CT molecular complexity index is 1260. The van der Waals surface area contributed by atoms with Crippen LogP contribution in [0.5, 0.6) is 0 Å². The molecule has 1 heterocycles. The highest BCUT2D eigenvalue weighted by atomic mass is 32.1. The van der Waals surface area contributed by atoms with Gasteiger partial charge in [-0.1, -0.05) is 62.2 Å². The van der Waals surface area contributed by atoms with Crippen molar-refractivity contribution in [1.82, 2.24) is 4.57 Å². The maximum Gasteiger partial charge on any atom is 0.248 e. The maximum atomic E-state index is 13.9. The van der Waals surface area contributed by atoms with Crippen LogP contribution in [0.15, 0.2) is 48.7 Å². The molecule has 38 heavy (non-hydrogen) atoms. The summed E-state index contributed by atoms with van der Waals surface area (Å²) in [4.78, 5) is 13.0. The first-order valence-electron chi connectivity index (χ1n) is 13.7. The molecule has 5 N–H and O–H groups in total. The summed E-state index contributed by atoms with van der Waals surface area (Å²) in [5, 5.41) is 4.04. The zero-order valence-electron chi connectivity index (χ0n) is 21.9. The van der Waals surface area contributed by atoms with E-state index in [4.69, 9.17) is 23.7 Å². The minimum absolute atomic E-state index is 0.00824. The highest BCUT2D eigenvalue weighted by molar-refractivity contribution is 7.80. The van der Waals surface area contributed by atoms with Crippen molar-refractivity contribution in [3.63, 3.8) is 0 Å². The van der Waals surface area contributed by atoms with Gasteiger partial charge >= 0.3 is 0 Å². The number of nitrogens with zero attached hydrogens (tertiary/aromatic N) is 1. The third-order valence-electron chi connectivity index (χ3n) is 7.51. The molecule has 204 valence electrons. The van der Waals surface area contributed by atoms with Crippen LogP contribution in [0.25, 0.3) is 22.0 Å². The molecule has 0 unspecified atom stereocenters. The number of hydrogen-bond donors (Lipinski definition) is 3. The molecule has 1 aromatic heterocycles. The van der Waals surface area contributed by atoms with Crippen LogP contribution in [0.2, 0.25) is 0 Å². The average Bonchev–Trinajstić information content (AvgIpc) is 3.27. The lowest BCUT2D eigenvalue weighted by Gasteiger charge is -2.29. The Balaban J connectivity index is 1.55. The molecule has 0 aliphatic heterocycles. The molecule has 0 atom stereocenters. The lowest BCUT2D eigenvalue weighted by molar-refractivity contribution is -0.116. The predicted molar refractivity (Wildman–Crippen MR) is 156 cm³/mol. The second kappa shape index (κ2) is 12.8. The summed E-state index contributed by atoms with van der Waals surface area (Å²) >= 11 is 5.17. The number of nitrogens with one attached hydrogen (secondary N) is 1. The molecule has 8 heteroatoms. The van der Waals surface area contributed by atoms with Crippen LogP contribution < -0.4 is 16.8 Å². The fraction of sp³-hybridized carbons (Fsp3) is 0.467. The van der Waals surface area contributed by atoms with Gasteiger partial charge in [-0.15, -0.1) is 0 Å². The Kier molecular flexibility index (Phi) is 9.49. The van der Waals surface area contributed by atoms with Crippen LogP contribution in [-0.4, -0.2) is 27.9 Å². The number of unbranched alkanes of at least 4 members (excludes halogenated alkanes) is 5. The zero-order chi connectivity index (χ0) is 27.1. The van der Waals surface area contributed by atoms with E-state index in [1.54, 1.807) is 0 Å². The lowest BCUT2D eigenvalue weighted by Crippen LogP contribution is -2.26. The van der Waals surface area contributed by atoms with Gasteiger partial charge in [-0.25, -0.2) is 8.78 Å². The number of aromatic nitrogens is 1. The van der Waals surface area contributed by atoms with Gasteiger partial charge in [0.15, 0.2) is 0 Å². The van der Waals surface area contributed by atoms with E-state index in [1.165, 1.54) is 0 Å². The van der Waals surface area contributed by atoms with Gasteiger partial charge in [-0.3, -0.25) is 4.79 Å². The van der Waals surface area contributed by atoms with E-state index in [1.807, 2.05) is 48.7 Å². The van der Waals surface area contributed by atoms with Gasteiger partial charge in [0.1, 0.15) is 4.99 Å². The van der Waals surface area contributed by atoms with Crippen molar-refractivity contribution in [1.29, 1.82) is 0 Å². The number of carbonyl (C=O) groups excluding carboxylic acids is 1. The van der Waals surface area contributed by atoms with Crippen molar-refractivity contribution in [2.45, 2.75) is 82.6 Å². The number of rotatable bonds is 12. The van der Waals surface area contributed by atoms with Gasteiger partial charge in [-0.2, -0.15) is 0 Å². The quantitative estimate of drug-likeness (QED) is 0.166. The molecule has 2 aromatic carbocycles. The van der Waals surface area contributed by atoms with Gasteiger partial charge in [0.2, 0.25) is 11.8 Å². The first-order valence-corrected chi connectivity index (χ1v) is 14.1. The number of thiocarbonyl (C=S) groups is 1. The van der Waals surface area contributed by atoms with Crippen LogP contribution in [0, 0.1) is 0 Å². The molecule has 0 radical (unpaired) electrons. The Morgan fingerprint density at radius 3 is 2.45 bits per heavy atom. The van der Waals surface area contributed by atoms with Crippen molar-refractivity contribution in [3.05, 3.63) is 54.2 Å². The minimum Gasteiger partial charge on any atom is -0.389 e. The number of anilines is 1. The van der Waals surface area contributed by atoms with Gasteiger partial charge in [0.05, 0.1) is 5.52 Å². The Hall–Kier alpha value is -2.84. The summed E-state index contributed by atoms with van der Waals surface area (Å²) in [6.45, 7) is 0.735. The molecule has 0 bridgehead atoms. The van der Waals surface area contributed by atoms with E-state index in [2.05, 4.69) is 9.88 Å². The van der Waals surface area contributed by atoms with Crippen LogP contribution in [0.4, 0.5) is 14.5 Å². The monoisotopic (exact) mass is 540 g/mol. The first-order chi connectivity index (χ1) is 18.3. The molecule has 5 nitrogen and oxygen atoms in total.